The lowest BCUT2D eigenvalue weighted by Crippen LogP contribution is -2.19. The maximum atomic E-state index is 11.4. The Morgan fingerprint density at radius 2 is 2.33 bits per heavy atom. The zero-order valence-electron chi connectivity index (χ0n) is 8.10. The van der Waals surface area contributed by atoms with Crippen LogP contribution in [0, 0.1) is 0 Å². The summed E-state index contributed by atoms with van der Waals surface area (Å²) in [5, 5.41) is 0.311. The van der Waals surface area contributed by atoms with Crippen LogP contribution in [-0.2, 0) is 14.8 Å². The van der Waals surface area contributed by atoms with Gasteiger partial charge in [0.1, 0.15) is 0 Å². The van der Waals surface area contributed by atoms with Gasteiger partial charge in [0, 0.05) is 13.3 Å². The van der Waals surface area contributed by atoms with E-state index in [0.717, 1.165) is 0 Å². The molecule has 0 saturated heterocycles. The number of halogens is 1. The molecule has 0 fully saturated rings. The Kier molecular flexibility index (Phi) is 4.31. The van der Waals surface area contributed by atoms with E-state index in [4.69, 9.17) is 11.6 Å². The topological polar surface area (TPSA) is 68.3 Å². The fourth-order valence-corrected chi connectivity index (χ4v) is 2.06. The van der Waals surface area contributed by atoms with Crippen LogP contribution in [0.15, 0.2) is 18.5 Å². The van der Waals surface area contributed by atoms with Gasteiger partial charge in [0.05, 0.1) is 29.3 Å². The largest absolute Gasteiger partial charge is 0.384 e. The van der Waals surface area contributed by atoms with Crippen molar-refractivity contribution >= 4 is 27.3 Å². The van der Waals surface area contributed by atoms with Crippen LogP contribution < -0.4 is 4.72 Å². The molecule has 1 heterocycles. The van der Waals surface area contributed by atoms with Crippen molar-refractivity contribution in [2.45, 2.75) is 0 Å². The second-order valence-corrected chi connectivity index (χ2v) is 5.02. The number of pyridine rings is 1. The van der Waals surface area contributed by atoms with Crippen molar-refractivity contribution in [3.8, 4) is 0 Å². The third-order valence-corrected chi connectivity index (χ3v) is 3.15. The maximum absolute atomic E-state index is 11.4. The fraction of sp³-hybridized carbons (Fsp3) is 0.375. The second-order valence-electron chi connectivity index (χ2n) is 2.77. The van der Waals surface area contributed by atoms with Gasteiger partial charge in [-0.2, -0.15) is 0 Å². The molecule has 1 aromatic rings. The molecule has 1 aromatic heterocycles. The summed E-state index contributed by atoms with van der Waals surface area (Å²) in [7, 11) is -1.98. The van der Waals surface area contributed by atoms with Gasteiger partial charge >= 0.3 is 0 Å². The van der Waals surface area contributed by atoms with Crippen LogP contribution in [0.4, 0.5) is 5.69 Å². The van der Waals surface area contributed by atoms with Crippen LogP contribution in [0.3, 0.4) is 0 Å². The van der Waals surface area contributed by atoms with E-state index in [1.165, 1.54) is 25.6 Å². The molecule has 0 radical (unpaired) electrons. The van der Waals surface area contributed by atoms with Gasteiger partial charge in [-0.3, -0.25) is 9.71 Å². The van der Waals surface area contributed by atoms with Crippen LogP contribution in [-0.4, -0.2) is 32.9 Å². The lowest BCUT2D eigenvalue weighted by Gasteiger charge is -2.07. The Morgan fingerprint density at radius 3 is 2.93 bits per heavy atom. The van der Waals surface area contributed by atoms with Crippen molar-refractivity contribution in [1.29, 1.82) is 0 Å². The minimum Gasteiger partial charge on any atom is -0.384 e. The molecule has 0 aliphatic carbocycles. The van der Waals surface area contributed by atoms with Gasteiger partial charge in [-0.1, -0.05) is 11.6 Å². The van der Waals surface area contributed by atoms with E-state index in [2.05, 4.69) is 14.4 Å². The predicted molar refractivity (Wildman–Crippen MR) is 58.5 cm³/mol. The molecule has 0 spiro atoms. The van der Waals surface area contributed by atoms with Crippen LogP contribution >= 0.6 is 11.6 Å². The highest BCUT2D eigenvalue weighted by Crippen LogP contribution is 2.20. The third-order valence-electron chi connectivity index (χ3n) is 1.59. The van der Waals surface area contributed by atoms with E-state index in [1.807, 2.05) is 0 Å². The molecule has 84 valence electrons. The number of hydrogen-bond acceptors (Lipinski definition) is 4. The third kappa shape index (κ3) is 4.03. The normalized spacial score (nSPS) is 11.3. The van der Waals surface area contributed by atoms with E-state index in [9.17, 15) is 8.42 Å². The average molecular weight is 251 g/mol. The Labute approximate surface area is 93.5 Å². The van der Waals surface area contributed by atoms with Gasteiger partial charge in [-0.15, -0.1) is 0 Å². The van der Waals surface area contributed by atoms with Crippen LogP contribution in [0.2, 0.25) is 5.02 Å². The number of methoxy groups -OCH3 is 1. The fourth-order valence-electron chi connectivity index (χ4n) is 0.864. The molecular weight excluding hydrogens is 240 g/mol. The van der Waals surface area contributed by atoms with Crippen molar-refractivity contribution in [2.75, 3.05) is 24.2 Å². The Balaban J connectivity index is 2.74. The molecule has 0 unspecified atom stereocenters. The monoisotopic (exact) mass is 250 g/mol. The SMILES string of the molecule is COCCS(=O)(=O)Nc1cnccc1Cl. The first-order chi connectivity index (χ1) is 7.05. The van der Waals surface area contributed by atoms with E-state index >= 15 is 0 Å². The van der Waals surface area contributed by atoms with E-state index in [-0.39, 0.29) is 18.0 Å². The zero-order chi connectivity index (χ0) is 11.3. The van der Waals surface area contributed by atoms with Crippen LogP contribution in [0.5, 0.6) is 0 Å². The lowest BCUT2D eigenvalue weighted by atomic mass is 10.4. The summed E-state index contributed by atoms with van der Waals surface area (Å²) in [6, 6.07) is 1.51. The predicted octanol–water partition coefficient (Wildman–Crippen LogP) is 1.12. The molecule has 0 bridgehead atoms. The minimum absolute atomic E-state index is 0.116. The molecule has 0 aromatic carbocycles. The smallest absolute Gasteiger partial charge is 0.235 e. The molecule has 0 amide bonds. The highest BCUT2D eigenvalue weighted by Gasteiger charge is 2.11. The molecule has 0 atom stereocenters. The summed E-state index contributed by atoms with van der Waals surface area (Å²) in [4.78, 5) is 3.77. The summed E-state index contributed by atoms with van der Waals surface area (Å²) in [5.41, 5.74) is 0.273. The first-order valence-corrected chi connectivity index (χ1v) is 6.17. The summed E-state index contributed by atoms with van der Waals surface area (Å²) in [6.07, 6.45) is 2.84. The number of nitrogens with one attached hydrogen (secondary N) is 1. The van der Waals surface area contributed by atoms with Crippen molar-refractivity contribution in [1.82, 2.24) is 4.98 Å². The van der Waals surface area contributed by atoms with Gasteiger partial charge in [-0.05, 0) is 6.07 Å². The quantitative estimate of drug-likeness (QED) is 0.851. The summed E-state index contributed by atoms with van der Waals surface area (Å²) in [5.74, 6) is -0.116. The van der Waals surface area contributed by atoms with Gasteiger partial charge in [0.15, 0.2) is 0 Å². The van der Waals surface area contributed by atoms with Crippen LogP contribution in [0.25, 0.3) is 0 Å². The minimum atomic E-state index is -3.42. The summed E-state index contributed by atoms with van der Waals surface area (Å²) < 4.78 is 29.9. The van der Waals surface area contributed by atoms with Crippen molar-refractivity contribution in [3.05, 3.63) is 23.5 Å². The van der Waals surface area contributed by atoms with Crippen molar-refractivity contribution in [3.63, 3.8) is 0 Å². The van der Waals surface area contributed by atoms with E-state index in [1.54, 1.807) is 0 Å². The highest BCUT2D eigenvalue weighted by atomic mass is 35.5. The highest BCUT2D eigenvalue weighted by molar-refractivity contribution is 7.92. The first kappa shape index (κ1) is 12.2. The number of hydrogen-bond donors (Lipinski definition) is 1. The van der Waals surface area contributed by atoms with Gasteiger partial charge in [0.25, 0.3) is 0 Å². The molecule has 0 saturated carbocycles. The molecular formula is C8H11ClN2O3S. The lowest BCUT2D eigenvalue weighted by molar-refractivity contribution is 0.217. The molecule has 0 aliphatic heterocycles. The number of nitrogens with zero attached hydrogens (tertiary/aromatic N) is 1. The number of ether oxygens (including phenoxy) is 1. The van der Waals surface area contributed by atoms with E-state index < -0.39 is 10.0 Å². The van der Waals surface area contributed by atoms with E-state index in [0.29, 0.717) is 5.02 Å². The Bertz CT molecular complexity index is 422. The molecule has 7 heteroatoms. The van der Waals surface area contributed by atoms with Crippen LogP contribution in [0.1, 0.15) is 0 Å². The second kappa shape index (κ2) is 5.29. The van der Waals surface area contributed by atoms with Gasteiger partial charge in [0.2, 0.25) is 10.0 Å². The molecule has 0 aliphatic rings. The number of aromatic nitrogens is 1. The number of anilines is 1. The number of sulfonamides is 1. The van der Waals surface area contributed by atoms with Gasteiger partial charge < -0.3 is 4.74 Å². The standard InChI is InChI=1S/C8H11ClN2O3S/c1-14-4-5-15(12,13)11-8-6-10-3-2-7(8)9/h2-3,6,11H,4-5H2,1H3. The molecule has 1 N–H and O–H groups in total. The Hall–Kier alpha value is -0.850. The first-order valence-electron chi connectivity index (χ1n) is 4.14. The number of rotatable bonds is 5. The average Bonchev–Trinajstić information content (AvgIpc) is 2.18. The maximum Gasteiger partial charge on any atom is 0.235 e. The molecule has 5 nitrogen and oxygen atoms in total. The Morgan fingerprint density at radius 1 is 1.60 bits per heavy atom. The summed E-state index contributed by atoms with van der Waals surface area (Å²) in [6.45, 7) is 0.132. The molecule has 15 heavy (non-hydrogen) atoms. The molecule has 1 rings (SSSR count). The summed E-state index contributed by atoms with van der Waals surface area (Å²) >= 11 is 5.77. The van der Waals surface area contributed by atoms with Crippen molar-refractivity contribution < 1.29 is 13.2 Å². The van der Waals surface area contributed by atoms with Gasteiger partial charge in [-0.25, -0.2) is 8.42 Å². The van der Waals surface area contributed by atoms with Crippen molar-refractivity contribution in [2.24, 2.45) is 0 Å². The zero-order valence-corrected chi connectivity index (χ0v) is 9.68.